The third kappa shape index (κ3) is 3.34. The lowest BCUT2D eigenvalue weighted by molar-refractivity contribution is -0.108. The number of aliphatic imine (C=N–C) groups is 1. The normalized spacial score (nSPS) is 24.1. The Morgan fingerprint density at radius 1 is 1.31 bits per heavy atom. The van der Waals surface area contributed by atoms with Gasteiger partial charge in [-0.05, 0) is 58.4 Å². The Hall–Kier alpha value is -2.33. The summed E-state index contributed by atoms with van der Waals surface area (Å²) >= 11 is 0. The van der Waals surface area contributed by atoms with E-state index >= 15 is 0 Å². The van der Waals surface area contributed by atoms with E-state index in [1.165, 1.54) is 35.5 Å². The summed E-state index contributed by atoms with van der Waals surface area (Å²) in [6.45, 7) is 2.24. The van der Waals surface area contributed by atoms with Crippen LogP contribution < -0.4 is 4.74 Å². The van der Waals surface area contributed by atoms with Crippen LogP contribution in [0.2, 0.25) is 0 Å². The fourth-order valence-corrected chi connectivity index (χ4v) is 5.46. The SMILES string of the molecule is CCCCCC1=CC=C[SH]1c1ccc2c(c1)OC1=CC(C=O)C=CC1=N2. The lowest BCUT2D eigenvalue weighted by atomic mass is 10.0. The number of ether oxygens (including phenoxy) is 1. The van der Waals surface area contributed by atoms with Crippen molar-refractivity contribution in [1.29, 1.82) is 0 Å². The molecule has 2 heterocycles. The Morgan fingerprint density at radius 3 is 3.08 bits per heavy atom. The quantitative estimate of drug-likeness (QED) is 0.395. The van der Waals surface area contributed by atoms with Crippen LogP contribution in [-0.2, 0) is 4.79 Å². The van der Waals surface area contributed by atoms with Crippen molar-refractivity contribution >= 4 is 28.6 Å². The molecule has 4 heteroatoms. The molecule has 0 saturated carbocycles. The standard InChI is InChI=1S/C22H23NO2S/c1-2-3-4-6-17-7-5-12-26(17)18-9-11-20-22(14-18)25-21-13-16(15-24)8-10-19(21)23-20/h5,7-16,26H,2-4,6H2,1H3. The molecule has 3 aliphatic rings. The highest BCUT2D eigenvalue weighted by atomic mass is 32.2. The van der Waals surface area contributed by atoms with Crippen molar-refractivity contribution in [1.82, 2.24) is 0 Å². The van der Waals surface area contributed by atoms with Crippen molar-refractivity contribution in [3.05, 3.63) is 64.7 Å². The maximum absolute atomic E-state index is 11.0. The van der Waals surface area contributed by atoms with Crippen molar-refractivity contribution in [3.63, 3.8) is 0 Å². The number of hydrogen-bond donors (Lipinski definition) is 1. The molecule has 1 aromatic carbocycles. The largest absolute Gasteiger partial charge is 0.453 e. The van der Waals surface area contributed by atoms with Gasteiger partial charge in [0.2, 0.25) is 0 Å². The Balaban J connectivity index is 1.58. The van der Waals surface area contributed by atoms with Gasteiger partial charge in [-0.2, -0.15) is 10.9 Å². The third-order valence-electron chi connectivity index (χ3n) is 4.78. The molecule has 2 atom stereocenters. The van der Waals surface area contributed by atoms with Crippen molar-refractivity contribution in [2.45, 2.75) is 37.5 Å². The minimum atomic E-state index is -0.404. The number of unbranched alkanes of at least 4 members (excludes halogenated alkanes) is 2. The number of carbonyl (C=O) groups excluding carboxylic acids is 1. The van der Waals surface area contributed by atoms with Crippen LogP contribution >= 0.6 is 10.9 Å². The van der Waals surface area contributed by atoms with Crippen molar-refractivity contribution in [3.8, 4) is 5.75 Å². The van der Waals surface area contributed by atoms with E-state index in [1.807, 2.05) is 24.3 Å². The van der Waals surface area contributed by atoms with Crippen LogP contribution in [-0.4, -0.2) is 12.0 Å². The van der Waals surface area contributed by atoms with Crippen LogP contribution in [0.3, 0.4) is 0 Å². The zero-order valence-electron chi connectivity index (χ0n) is 14.9. The van der Waals surface area contributed by atoms with E-state index in [1.54, 1.807) is 0 Å². The van der Waals surface area contributed by atoms with Gasteiger partial charge in [0.25, 0.3) is 0 Å². The van der Waals surface area contributed by atoms with Crippen LogP contribution in [0.4, 0.5) is 5.69 Å². The van der Waals surface area contributed by atoms with Crippen LogP contribution in [0.5, 0.6) is 5.75 Å². The predicted molar refractivity (Wildman–Crippen MR) is 110 cm³/mol. The fraction of sp³-hybridized carbons (Fsp3) is 0.273. The second-order valence-electron chi connectivity index (χ2n) is 6.68. The van der Waals surface area contributed by atoms with Gasteiger partial charge in [0, 0.05) is 0 Å². The highest BCUT2D eigenvalue weighted by Crippen LogP contribution is 2.52. The zero-order valence-corrected chi connectivity index (χ0v) is 15.8. The average molecular weight is 365 g/mol. The first-order valence-electron chi connectivity index (χ1n) is 9.21. The molecule has 0 radical (unpaired) electrons. The van der Waals surface area contributed by atoms with E-state index in [-0.39, 0.29) is 5.92 Å². The molecule has 0 spiro atoms. The predicted octanol–water partition coefficient (Wildman–Crippen LogP) is 5.77. The van der Waals surface area contributed by atoms with E-state index in [2.05, 4.69) is 41.6 Å². The molecular formula is C22H23NO2S. The van der Waals surface area contributed by atoms with Gasteiger partial charge in [-0.25, -0.2) is 4.99 Å². The number of allylic oxidation sites excluding steroid dienone is 6. The summed E-state index contributed by atoms with van der Waals surface area (Å²) in [4.78, 5) is 18.6. The Morgan fingerprint density at radius 2 is 2.23 bits per heavy atom. The van der Waals surface area contributed by atoms with Gasteiger partial charge in [-0.1, -0.05) is 38.0 Å². The van der Waals surface area contributed by atoms with E-state index in [0.717, 1.165) is 23.4 Å². The summed E-state index contributed by atoms with van der Waals surface area (Å²) in [6.07, 6.45) is 15.9. The molecule has 0 bridgehead atoms. The zero-order chi connectivity index (χ0) is 17.9. The fourth-order valence-electron chi connectivity index (χ4n) is 3.37. The summed E-state index contributed by atoms with van der Waals surface area (Å²) in [7, 11) is -0.404. The Kier molecular flexibility index (Phi) is 4.93. The lowest BCUT2D eigenvalue weighted by Crippen LogP contribution is -2.16. The molecule has 0 aromatic heterocycles. The smallest absolute Gasteiger partial charge is 0.154 e. The first-order valence-corrected chi connectivity index (χ1v) is 10.6. The summed E-state index contributed by atoms with van der Waals surface area (Å²) in [5.74, 6) is 1.24. The Labute approximate surface area is 157 Å². The summed E-state index contributed by atoms with van der Waals surface area (Å²) in [5, 5.41) is 2.32. The first-order chi connectivity index (χ1) is 12.8. The molecule has 0 saturated heterocycles. The maximum atomic E-state index is 11.0. The molecular weight excluding hydrogens is 342 g/mol. The molecule has 0 N–H and O–H groups in total. The number of benzene rings is 1. The molecule has 0 amide bonds. The van der Waals surface area contributed by atoms with Crippen molar-refractivity contribution in [2.24, 2.45) is 10.9 Å². The number of aldehydes is 1. The minimum absolute atomic E-state index is 0.232. The third-order valence-corrected chi connectivity index (χ3v) is 7.08. The second-order valence-corrected chi connectivity index (χ2v) is 8.81. The molecule has 3 nitrogen and oxygen atoms in total. The molecule has 0 fully saturated rings. The van der Waals surface area contributed by atoms with Gasteiger partial charge in [-0.3, -0.25) is 0 Å². The van der Waals surface area contributed by atoms with Gasteiger partial charge < -0.3 is 9.53 Å². The van der Waals surface area contributed by atoms with E-state index in [0.29, 0.717) is 5.76 Å². The van der Waals surface area contributed by atoms with Gasteiger partial charge in [0.1, 0.15) is 23.4 Å². The van der Waals surface area contributed by atoms with Gasteiger partial charge >= 0.3 is 0 Å². The number of thiol groups is 1. The number of fused-ring (bicyclic) bond motifs is 2. The summed E-state index contributed by atoms with van der Waals surface area (Å²) in [6, 6.07) is 6.35. The maximum Gasteiger partial charge on any atom is 0.154 e. The van der Waals surface area contributed by atoms with Crippen molar-refractivity contribution < 1.29 is 9.53 Å². The molecule has 1 aromatic rings. The highest BCUT2D eigenvalue weighted by molar-refractivity contribution is 8.23. The second kappa shape index (κ2) is 7.50. The number of rotatable bonds is 6. The van der Waals surface area contributed by atoms with Gasteiger partial charge in [0.15, 0.2) is 5.75 Å². The van der Waals surface area contributed by atoms with Crippen molar-refractivity contribution in [2.75, 3.05) is 0 Å². The monoisotopic (exact) mass is 365 g/mol. The molecule has 26 heavy (non-hydrogen) atoms. The molecule has 134 valence electrons. The van der Waals surface area contributed by atoms with E-state index in [4.69, 9.17) is 4.74 Å². The highest BCUT2D eigenvalue weighted by Gasteiger charge is 2.23. The molecule has 2 aliphatic heterocycles. The van der Waals surface area contributed by atoms with Crippen LogP contribution in [0.25, 0.3) is 0 Å². The topological polar surface area (TPSA) is 38.7 Å². The minimum Gasteiger partial charge on any atom is -0.453 e. The van der Waals surface area contributed by atoms with E-state index < -0.39 is 10.9 Å². The number of nitrogens with zero attached hydrogens (tertiary/aromatic N) is 1. The summed E-state index contributed by atoms with van der Waals surface area (Å²) < 4.78 is 6.09. The first kappa shape index (κ1) is 17.1. The summed E-state index contributed by atoms with van der Waals surface area (Å²) in [5.41, 5.74) is 1.64. The molecule has 1 aliphatic carbocycles. The number of carbonyl (C=O) groups is 1. The van der Waals surface area contributed by atoms with Gasteiger partial charge in [0.05, 0.1) is 5.92 Å². The van der Waals surface area contributed by atoms with Crippen LogP contribution in [0.1, 0.15) is 32.6 Å². The van der Waals surface area contributed by atoms with Crippen LogP contribution in [0.15, 0.2) is 74.5 Å². The molecule has 4 rings (SSSR count). The molecule has 2 unspecified atom stereocenters. The lowest BCUT2D eigenvalue weighted by Gasteiger charge is -2.24. The van der Waals surface area contributed by atoms with Gasteiger partial charge in [-0.15, -0.1) is 0 Å². The van der Waals surface area contributed by atoms with Crippen LogP contribution in [0, 0.1) is 5.92 Å². The average Bonchev–Trinajstić information content (AvgIpc) is 3.14. The number of hydrogen-bond acceptors (Lipinski definition) is 3. The Bertz CT molecular complexity index is 876. The van der Waals surface area contributed by atoms with E-state index in [9.17, 15) is 4.79 Å².